The van der Waals surface area contributed by atoms with E-state index >= 15 is 0 Å². The van der Waals surface area contributed by atoms with Gasteiger partial charge in [0.05, 0.1) is 13.1 Å². The fourth-order valence-corrected chi connectivity index (χ4v) is 3.69. The lowest BCUT2D eigenvalue weighted by atomic mass is 9.93. The number of quaternary nitrogens is 1. The Hall–Kier alpha value is -1.88. The van der Waals surface area contributed by atoms with Crippen molar-refractivity contribution >= 4 is 17.5 Å². The van der Waals surface area contributed by atoms with E-state index in [1.807, 2.05) is 35.2 Å². The predicted molar refractivity (Wildman–Crippen MR) is 89.4 cm³/mol. The average Bonchev–Trinajstić information content (AvgIpc) is 2.57. The third-order valence-electron chi connectivity index (χ3n) is 4.86. The number of anilines is 1. The summed E-state index contributed by atoms with van der Waals surface area (Å²) < 4.78 is 0. The Balaban J connectivity index is 1.74. The summed E-state index contributed by atoms with van der Waals surface area (Å²) in [6.45, 7) is 2.29. The number of carbonyl (C=O) groups excluding carboxylic acids is 2. The van der Waals surface area contributed by atoms with Crippen LogP contribution in [0.2, 0.25) is 0 Å². The van der Waals surface area contributed by atoms with Crippen LogP contribution < -0.4 is 15.1 Å². The summed E-state index contributed by atoms with van der Waals surface area (Å²) in [5.74, 6) is 0.191. The van der Waals surface area contributed by atoms with E-state index in [1.54, 1.807) is 0 Å². The first-order valence-corrected chi connectivity index (χ1v) is 8.71. The van der Waals surface area contributed by atoms with Gasteiger partial charge in [-0.2, -0.15) is 0 Å². The first-order chi connectivity index (χ1) is 11.2. The first kappa shape index (κ1) is 16.0. The van der Waals surface area contributed by atoms with E-state index in [4.69, 9.17) is 0 Å². The van der Waals surface area contributed by atoms with Gasteiger partial charge < -0.3 is 15.1 Å². The molecule has 0 spiro atoms. The molecule has 1 aromatic carbocycles. The van der Waals surface area contributed by atoms with Gasteiger partial charge in [0, 0.05) is 11.7 Å². The lowest BCUT2D eigenvalue weighted by molar-refractivity contribution is -0.885. The zero-order valence-electron chi connectivity index (χ0n) is 13.6. The highest BCUT2D eigenvalue weighted by Crippen LogP contribution is 2.27. The lowest BCUT2D eigenvalue weighted by Crippen LogP contribution is -3.16. The van der Waals surface area contributed by atoms with E-state index in [0.29, 0.717) is 25.7 Å². The number of para-hydroxylation sites is 1. The van der Waals surface area contributed by atoms with Crippen molar-refractivity contribution < 1.29 is 14.5 Å². The monoisotopic (exact) mass is 316 g/mol. The van der Waals surface area contributed by atoms with Crippen LogP contribution in [0.5, 0.6) is 0 Å². The average molecular weight is 316 g/mol. The second kappa shape index (κ2) is 7.59. The predicted octanol–water partition coefficient (Wildman–Crippen LogP) is 0.367. The summed E-state index contributed by atoms with van der Waals surface area (Å²) in [5.41, 5.74) is 0.991. The Morgan fingerprint density at radius 1 is 1.17 bits per heavy atom. The van der Waals surface area contributed by atoms with E-state index in [9.17, 15) is 9.59 Å². The Kier molecular flexibility index (Phi) is 5.28. The van der Waals surface area contributed by atoms with E-state index in [0.717, 1.165) is 30.0 Å². The van der Waals surface area contributed by atoms with Crippen molar-refractivity contribution in [2.75, 3.05) is 31.1 Å². The molecular formula is C18H26N3O2+. The number of nitrogens with zero attached hydrogens (tertiary/aromatic N) is 1. The van der Waals surface area contributed by atoms with Crippen LogP contribution in [-0.2, 0) is 9.59 Å². The number of rotatable bonds is 4. The van der Waals surface area contributed by atoms with Gasteiger partial charge in [-0.3, -0.25) is 9.59 Å². The standard InChI is InChI=1S/C18H25N3O2/c22-17-13-20(12-11-19-17)14-18(23)21(15-7-3-1-4-8-15)16-9-5-2-6-10-16/h1,3-4,7-8,16H,2,5-6,9-14H2,(H,19,22)/p+1. The van der Waals surface area contributed by atoms with Gasteiger partial charge in [-0.05, 0) is 25.0 Å². The molecule has 2 fully saturated rings. The summed E-state index contributed by atoms with van der Waals surface area (Å²) in [4.78, 5) is 27.6. The van der Waals surface area contributed by atoms with Crippen molar-refractivity contribution in [1.82, 2.24) is 5.32 Å². The molecule has 0 aromatic heterocycles. The van der Waals surface area contributed by atoms with Crippen LogP contribution in [0.3, 0.4) is 0 Å². The van der Waals surface area contributed by atoms with Crippen molar-refractivity contribution in [2.45, 2.75) is 38.1 Å². The number of benzene rings is 1. The molecule has 1 aliphatic heterocycles. The minimum atomic E-state index is 0.0444. The number of carbonyl (C=O) groups is 2. The largest absolute Gasteiger partial charge is 0.346 e. The van der Waals surface area contributed by atoms with Crippen LogP contribution in [-0.4, -0.2) is 44.0 Å². The molecule has 1 unspecified atom stereocenters. The molecule has 1 atom stereocenters. The quantitative estimate of drug-likeness (QED) is 0.843. The van der Waals surface area contributed by atoms with Crippen LogP contribution in [0.25, 0.3) is 0 Å². The second-order valence-electron chi connectivity index (χ2n) is 6.59. The zero-order valence-corrected chi connectivity index (χ0v) is 13.6. The molecule has 23 heavy (non-hydrogen) atoms. The fraction of sp³-hybridized carbons (Fsp3) is 0.556. The number of nitrogens with one attached hydrogen (secondary N) is 2. The molecule has 5 heteroatoms. The fourth-order valence-electron chi connectivity index (χ4n) is 3.69. The highest BCUT2D eigenvalue weighted by atomic mass is 16.2. The van der Waals surface area contributed by atoms with Crippen molar-refractivity contribution in [3.63, 3.8) is 0 Å². The number of piperazine rings is 1. The molecule has 2 aliphatic rings. The molecule has 1 heterocycles. The third kappa shape index (κ3) is 4.10. The van der Waals surface area contributed by atoms with Crippen molar-refractivity contribution in [2.24, 2.45) is 0 Å². The molecule has 3 rings (SSSR count). The SMILES string of the molecule is O=C1C[NH+](CC(=O)N(c2ccccc2)C2CCCCC2)CCN1. The van der Waals surface area contributed by atoms with Gasteiger partial charge in [0.1, 0.15) is 0 Å². The van der Waals surface area contributed by atoms with Crippen LogP contribution in [0.1, 0.15) is 32.1 Å². The Bertz CT molecular complexity index is 540. The molecule has 0 bridgehead atoms. The maximum Gasteiger partial charge on any atom is 0.282 e. The van der Waals surface area contributed by atoms with Crippen molar-refractivity contribution in [1.29, 1.82) is 0 Å². The maximum absolute atomic E-state index is 13.0. The molecule has 124 valence electrons. The Labute approximate surface area is 137 Å². The molecular weight excluding hydrogens is 290 g/mol. The molecule has 2 amide bonds. The molecule has 1 aliphatic carbocycles. The van der Waals surface area contributed by atoms with Crippen molar-refractivity contribution in [3.05, 3.63) is 30.3 Å². The van der Waals surface area contributed by atoms with Gasteiger partial charge in [-0.25, -0.2) is 0 Å². The van der Waals surface area contributed by atoms with E-state index in [-0.39, 0.29) is 11.8 Å². The number of hydrogen-bond acceptors (Lipinski definition) is 2. The van der Waals surface area contributed by atoms with Crippen LogP contribution in [0.15, 0.2) is 30.3 Å². The highest BCUT2D eigenvalue weighted by Gasteiger charge is 2.30. The number of hydrogen-bond donors (Lipinski definition) is 2. The van der Waals surface area contributed by atoms with E-state index in [1.165, 1.54) is 19.3 Å². The number of amides is 2. The lowest BCUT2D eigenvalue weighted by Gasteiger charge is -2.35. The molecule has 0 radical (unpaired) electrons. The van der Waals surface area contributed by atoms with Gasteiger partial charge in [-0.1, -0.05) is 37.5 Å². The Morgan fingerprint density at radius 3 is 2.61 bits per heavy atom. The van der Waals surface area contributed by atoms with Gasteiger partial charge in [0.2, 0.25) is 0 Å². The maximum atomic E-state index is 13.0. The van der Waals surface area contributed by atoms with Gasteiger partial charge in [0.25, 0.3) is 11.8 Å². The molecule has 1 saturated carbocycles. The smallest absolute Gasteiger partial charge is 0.282 e. The van der Waals surface area contributed by atoms with Crippen LogP contribution >= 0.6 is 0 Å². The first-order valence-electron chi connectivity index (χ1n) is 8.71. The molecule has 2 N–H and O–H groups in total. The summed E-state index contributed by atoms with van der Waals surface area (Å²) in [7, 11) is 0. The summed E-state index contributed by atoms with van der Waals surface area (Å²) in [5, 5.41) is 2.82. The van der Waals surface area contributed by atoms with Gasteiger partial charge >= 0.3 is 0 Å². The normalized spacial score (nSPS) is 22.4. The van der Waals surface area contributed by atoms with Crippen LogP contribution in [0.4, 0.5) is 5.69 Å². The summed E-state index contributed by atoms with van der Waals surface area (Å²) in [6.07, 6.45) is 5.82. The van der Waals surface area contributed by atoms with Crippen molar-refractivity contribution in [3.8, 4) is 0 Å². The zero-order chi connectivity index (χ0) is 16.1. The Morgan fingerprint density at radius 2 is 1.91 bits per heavy atom. The second-order valence-corrected chi connectivity index (χ2v) is 6.59. The molecule has 1 saturated heterocycles. The van der Waals surface area contributed by atoms with Gasteiger partial charge in [-0.15, -0.1) is 0 Å². The highest BCUT2D eigenvalue weighted by molar-refractivity contribution is 5.94. The van der Waals surface area contributed by atoms with E-state index < -0.39 is 0 Å². The molecule has 5 nitrogen and oxygen atoms in total. The van der Waals surface area contributed by atoms with E-state index in [2.05, 4.69) is 5.32 Å². The third-order valence-corrected chi connectivity index (χ3v) is 4.86. The van der Waals surface area contributed by atoms with Crippen LogP contribution in [0, 0.1) is 0 Å². The minimum Gasteiger partial charge on any atom is -0.346 e. The molecule has 1 aromatic rings. The summed E-state index contributed by atoms with van der Waals surface area (Å²) >= 11 is 0. The summed E-state index contributed by atoms with van der Waals surface area (Å²) in [6, 6.07) is 10.3. The van der Waals surface area contributed by atoms with Gasteiger partial charge in [0.15, 0.2) is 13.1 Å². The minimum absolute atomic E-state index is 0.0444. The topological polar surface area (TPSA) is 53.9 Å².